The highest BCUT2D eigenvalue weighted by molar-refractivity contribution is 5.79. The number of rotatable bonds is 8. The summed E-state index contributed by atoms with van der Waals surface area (Å²) in [6.45, 7) is 6.11. The predicted octanol–water partition coefficient (Wildman–Crippen LogP) is 3.26. The van der Waals surface area contributed by atoms with Gasteiger partial charge in [-0.05, 0) is 49.1 Å². The molecule has 7 heteroatoms. The van der Waals surface area contributed by atoms with E-state index in [9.17, 15) is 0 Å². The summed E-state index contributed by atoms with van der Waals surface area (Å²) in [5, 5.41) is 11.9. The SMILES string of the molecule is COc1ccc(CCNC(=NCc2nnc(C)n2C)N(C)Cc2ccccc2C)cc1. The molecule has 0 atom stereocenters. The fraction of sp³-hybridized carbons (Fsp3) is 0.375. The lowest BCUT2D eigenvalue weighted by Crippen LogP contribution is -2.39. The van der Waals surface area contributed by atoms with Crippen LogP contribution in [0.15, 0.2) is 53.5 Å². The number of nitrogens with one attached hydrogen (secondary N) is 1. The number of aliphatic imine (C=N–C) groups is 1. The molecule has 0 aliphatic carbocycles. The number of aromatic nitrogens is 3. The number of aryl methyl sites for hydroxylation is 2. The molecule has 164 valence electrons. The van der Waals surface area contributed by atoms with Crippen molar-refractivity contribution in [3.05, 3.63) is 76.9 Å². The number of guanidine groups is 1. The van der Waals surface area contributed by atoms with E-state index in [-0.39, 0.29) is 0 Å². The molecule has 1 N–H and O–H groups in total. The van der Waals surface area contributed by atoms with Gasteiger partial charge in [0.1, 0.15) is 18.1 Å². The number of nitrogens with zero attached hydrogens (tertiary/aromatic N) is 5. The first-order chi connectivity index (χ1) is 15.0. The molecular weight excluding hydrogens is 388 g/mol. The molecule has 0 saturated heterocycles. The third-order valence-electron chi connectivity index (χ3n) is 5.44. The van der Waals surface area contributed by atoms with Crippen LogP contribution in [0, 0.1) is 13.8 Å². The molecular formula is C24H32N6O. The van der Waals surface area contributed by atoms with E-state index < -0.39 is 0 Å². The van der Waals surface area contributed by atoms with Crippen molar-refractivity contribution in [3.63, 3.8) is 0 Å². The fourth-order valence-corrected chi connectivity index (χ4v) is 3.27. The lowest BCUT2D eigenvalue weighted by molar-refractivity contribution is 0.414. The molecule has 3 rings (SSSR count). The Bertz CT molecular complexity index is 1010. The Labute approximate surface area is 184 Å². The van der Waals surface area contributed by atoms with Gasteiger partial charge in [-0.15, -0.1) is 10.2 Å². The lowest BCUT2D eigenvalue weighted by Gasteiger charge is -2.23. The van der Waals surface area contributed by atoms with E-state index in [4.69, 9.17) is 9.73 Å². The molecule has 2 aromatic carbocycles. The first kappa shape index (κ1) is 22.3. The Morgan fingerprint density at radius 1 is 1.10 bits per heavy atom. The van der Waals surface area contributed by atoms with Crippen molar-refractivity contribution in [2.45, 2.75) is 33.4 Å². The highest BCUT2D eigenvalue weighted by atomic mass is 16.5. The molecule has 0 aliphatic rings. The first-order valence-electron chi connectivity index (χ1n) is 10.5. The van der Waals surface area contributed by atoms with E-state index in [1.807, 2.05) is 30.7 Å². The zero-order valence-electron chi connectivity index (χ0n) is 19.1. The van der Waals surface area contributed by atoms with Gasteiger partial charge in [-0.3, -0.25) is 0 Å². The van der Waals surface area contributed by atoms with E-state index in [1.54, 1.807) is 7.11 Å². The van der Waals surface area contributed by atoms with Gasteiger partial charge in [-0.25, -0.2) is 4.99 Å². The largest absolute Gasteiger partial charge is 0.497 e. The van der Waals surface area contributed by atoms with Gasteiger partial charge in [0.2, 0.25) is 0 Å². The fourth-order valence-electron chi connectivity index (χ4n) is 3.27. The van der Waals surface area contributed by atoms with Crippen LogP contribution in [0.2, 0.25) is 0 Å². The normalized spacial score (nSPS) is 11.5. The van der Waals surface area contributed by atoms with Gasteiger partial charge in [-0.1, -0.05) is 36.4 Å². The van der Waals surface area contributed by atoms with Crippen LogP contribution in [0.4, 0.5) is 0 Å². The summed E-state index contributed by atoms with van der Waals surface area (Å²) >= 11 is 0. The van der Waals surface area contributed by atoms with Crippen LogP contribution in [0.5, 0.6) is 5.75 Å². The minimum Gasteiger partial charge on any atom is -0.497 e. The second-order valence-corrected chi connectivity index (χ2v) is 7.67. The van der Waals surface area contributed by atoms with Crippen LogP contribution in [0.1, 0.15) is 28.3 Å². The zero-order chi connectivity index (χ0) is 22.2. The molecule has 0 fully saturated rings. The van der Waals surface area contributed by atoms with E-state index in [0.717, 1.165) is 42.9 Å². The van der Waals surface area contributed by atoms with E-state index in [1.165, 1.54) is 16.7 Å². The van der Waals surface area contributed by atoms with Gasteiger partial charge < -0.3 is 19.5 Å². The Balaban J connectivity index is 1.70. The maximum Gasteiger partial charge on any atom is 0.194 e. The summed E-state index contributed by atoms with van der Waals surface area (Å²) in [5.74, 6) is 3.44. The van der Waals surface area contributed by atoms with Crippen LogP contribution in [-0.2, 0) is 26.6 Å². The molecule has 0 radical (unpaired) electrons. The molecule has 0 aliphatic heterocycles. The maximum atomic E-state index is 5.24. The molecule has 0 bridgehead atoms. The van der Waals surface area contributed by atoms with Crippen molar-refractivity contribution in [3.8, 4) is 5.75 Å². The summed E-state index contributed by atoms with van der Waals surface area (Å²) in [5.41, 5.74) is 3.80. The number of hydrogen-bond acceptors (Lipinski definition) is 4. The number of benzene rings is 2. The van der Waals surface area contributed by atoms with Gasteiger partial charge >= 0.3 is 0 Å². The Kier molecular flexibility index (Phi) is 7.65. The van der Waals surface area contributed by atoms with Gasteiger partial charge in [0, 0.05) is 27.2 Å². The smallest absolute Gasteiger partial charge is 0.194 e. The maximum absolute atomic E-state index is 5.24. The van der Waals surface area contributed by atoms with Gasteiger partial charge in [-0.2, -0.15) is 0 Å². The number of ether oxygens (including phenoxy) is 1. The molecule has 7 nitrogen and oxygen atoms in total. The van der Waals surface area contributed by atoms with Crippen LogP contribution in [0.25, 0.3) is 0 Å². The first-order valence-corrected chi connectivity index (χ1v) is 10.5. The highest BCUT2D eigenvalue weighted by Gasteiger charge is 2.11. The Morgan fingerprint density at radius 2 is 1.84 bits per heavy atom. The van der Waals surface area contributed by atoms with Gasteiger partial charge in [0.05, 0.1) is 7.11 Å². The topological polar surface area (TPSA) is 67.6 Å². The van der Waals surface area contributed by atoms with Crippen molar-refractivity contribution in [2.24, 2.45) is 12.0 Å². The predicted molar refractivity (Wildman–Crippen MR) is 124 cm³/mol. The standard InChI is InChI=1S/C24H32N6O/c1-18-8-6-7-9-21(18)17-29(3)24(26-16-23-28-27-19(2)30(23)4)25-15-14-20-10-12-22(31-5)13-11-20/h6-13H,14-17H2,1-5H3,(H,25,26). The summed E-state index contributed by atoms with van der Waals surface area (Å²) in [4.78, 5) is 6.99. The van der Waals surface area contributed by atoms with Crippen molar-refractivity contribution in [1.29, 1.82) is 0 Å². The average molecular weight is 421 g/mol. The van der Waals surface area contributed by atoms with Crippen LogP contribution < -0.4 is 10.1 Å². The molecule has 0 saturated carbocycles. The third kappa shape index (κ3) is 6.07. The number of hydrogen-bond donors (Lipinski definition) is 1. The van der Waals surface area contributed by atoms with Gasteiger partial charge in [0.15, 0.2) is 11.8 Å². The van der Waals surface area contributed by atoms with Crippen LogP contribution >= 0.6 is 0 Å². The number of methoxy groups -OCH3 is 1. The third-order valence-corrected chi connectivity index (χ3v) is 5.44. The van der Waals surface area contributed by atoms with E-state index >= 15 is 0 Å². The van der Waals surface area contributed by atoms with Crippen molar-refractivity contribution in [2.75, 3.05) is 20.7 Å². The second kappa shape index (κ2) is 10.6. The van der Waals surface area contributed by atoms with Gasteiger partial charge in [0.25, 0.3) is 0 Å². The van der Waals surface area contributed by atoms with Crippen LogP contribution in [-0.4, -0.2) is 46.3 Å². The Hall–Kier alpha value is -3.35. The zero-order valence-corrected chi connectivity index (χ0v) is 19.1. The van der Waals surface area contributed by atoms with E-state index in [2.05, 4.69) is 70.8 Å². The molecule has 31 heavy (non-hydrogen) atoms. The summed E-state index contributed by atoms with van der Waals surface area (Å²) in [6, 6.07) is 16.6. The minimum absolute atomic E-state index is 0.473. The average Bonchev–Trinajstić information content (AvgIpc) is 3.10. The second-order valence-electron chi connectivity index (χ2n) is 7.67. The summed E-state index contributed by atoms with van der Waals surface area (Å²) in [6.07, 6.45) is 0.893. The minimum atomic E-state index is 0.473. The quantitative estimate of drug-likeness (QED) is 0.448. The molecule has 0 spiro atoms. The highest BCUT2D eigenvalue weighted by Crippen LogP contribution is 2.12. The monoisotopic (exact) mass is 420 g/mol. The Morgan fingerprint density at radius 3 is 2.48 bits per heavy atom. The van der Waals surface area contributed by atoms with Crippen LogP contribution in [0.3, 0.4) is 0 Å². The summed E-state index contributed by atoms with van der Waals surface area (Å²) in [7, 11) is 5.71. The van der Waals surface area contributed by atoms with Crippen molar-refractivity contribution >= 4 is 5.96 Å². The molecule has 0 amide bonds. The molecule has 0 unspecified atom stereocenters. The molecule has 1 aromatic heterocycles. The molecule has 3 aromatic rings. The lowest BCUT2D eigenvalue weighted by atomic mass is 10.1. The van der Waals surface area contributed by atoms with Crippen molar-refractivity contribution in [1.82, 2.24) is 25.0 Å². The summed E-state index contributed by atoms with van der Waals surface area (Å²) < 4.78 is 7.21. The van der Waals surface area contributed by atoms with E-state index in [0.29, 0.717) is 6.54 Å². The van der Waals surface area contributed by atoms with Crippen molar-refractivity contribution < 1.29 is 4.74 Å². The molecule has 1 heterocycles.